The molecule has 3 heterocycles. The predicted octanol–water partition coefficient (Wildman–Crippen LogP) is 2.98. The first-order chi connectivity index (χ1) is 12.8. The molecule has 0 amide bonds. The Labute approximate surface area is 159 Å². The van der Waals surface area contributed by atoms with Gasteiger partial charge in [0.25, 0.3) is 0 Å². The Bertz CT molecular complexity index is 863. The number of benzene rings is 1. The highest BCUT2D eigenvalue weighted by Crippen LogP contribution is 2.36. The molecule has 6 nitrogen and oxygen atoms in total. The summed E-state index contributed by atoms with van der Waals surface area (Å²) in [4.78, 5) is 14.4. The van der Waals surface area contributed by atoms with E-state index in [0.717, 1.165) is 37.4 Å². The summed E-state index contributed by atoms with van der Waals surface area (Å²) in [5.41, 5.74) is 2.45. The van der Waals surface area contributed by atoms with Crippen molar-refractivity contribution in [1.29, 1.82) is 0 Å². The first kappa shape index (κ1) is 18.0. The quantitative estimate of drug-likeness (QED) is 0.897. The third-order valence-electron chi connectivity index (χ3n) is 5.77. The molecule has 0 saturated carbocycles. The fourth-order valence-electron chi connectivity index (χ4n) is 4.29. The molecule has 0 atom stereocenters. The van der Waals surface area contributed by atoms with E-state index >= 15 is 0 Å². The van der Waals surface area contributed by atoms with Gasteiger partial charge in [-0.15, -0.1) is 0 Å². The molecule has 2 aliphatic heterocycles. The van der Waals surface area contributed by atoms with E-state index in [4.69, 9.17) is 4.74 Å². The Morgan fingerprint density at radius 1 is 1.30 bits per heavy atom. The molecule has 0 spiro atoms. The van der Waals surface area contributed by atoms with E-state index in [-0.39, 0.29) is 5.60 Å². The topological polar surface area (TPSA) is 67.6 Å². The van der Waals surface area contributed by atoms with Crippen LogP contribution in [-0.4, -0.2) is 44.4 Å². The molecule has 2 aromatic rings. The maximum atomic E-state index is 12.0. The number of hydrogen-bond acceptors (Lipinski definition) is 4. The SMILES string of the molecule is Cc1cnn(C2(C(=O)O)CCN(Cc3ccc4c(c3)CC(C)(C)O4)CC2)c1. The smallest absolute Gasteiger partial charge is 0.331 e. The van der Waals surface area contributed by atoms with Gasteiger partial charge in [-0.2, -0.15) is 5.10 Å². The van der Waals surface area contributed by atoms with Gasteiger partial charge in [-0.3, -0.25) is 9.58 Å². The fourth-order valence-corrected chi connectivity index (χ4v) is 4.29. The van der Waals surface area contributed by atoms with Gasteiger partial charge in [0.15, 0.2) is 5.54 Å². The summed E-state index contributed by atoms with van der Waals surface area (Å²) in [5, 5.41) is 14.2. The monoisotopic (exact) mass is 369 g/mol. The van der Waals surface area contributed by atoms with Gasteiger partial charge >= 0.3 is 5.97 Å². The molecule has 1 saturated heterocycles. The maximum absolute atomic E-state index is 12.0. The molecule has 1 aromatic carbocycles. The first-order valence-electron chi connectivity index (χ1n) is 9.56. The molecule has 144 valence electrons. The Balaban J connectivity index is 1.45. The number of likely N-dealkylation sites (tertiary alicyclic amines) is 1. The summed E-state index contributed by atoms with van der Waals surface area (Å²) in [6, 6.07) is 6.42. The normalized spacial score (nSPS) is 20.9. The lowest BCUT2D eigenvalue weighted by Crippen LogP contribution is -2.51. The number of ether oxygens (including phenoxy) is 1. The number of carboxylic acid groups (broad SMARTS) is 1. The van der Waals surface area contributed by atoms with E-state index in [9.17, 15) is 9.90 Å². The van der Waals surface area contributed by atoms with Gasteiger partial charge in [-0.25, -0.2) is 4.79 Å². The van der Waals surface area contributed by atoms with E-state index in [1.165, 1.54) is 11.1 Å². The first-order valence-corrected chi connectivity index (χ1v) is 9.56. The minimum absolute atomic E-state index is 0.130. The molecule has 1 aromatic heterocycles. The largest absolute Gasteiger partial charge is 0.487 e. The van der Waals surface area contributed by atoms with Crippen LogP contribution in [0.15, 0.2) is 30.6 Å². The zero-order valence-electron chi connectivity index (χ0n) is 16.2. The molecule has 0 unspecified atom stereocenters. The van der Waals surface area contributed by atoms with Gasteiger partial charge in [0, 0.05) is 32.3 Å². The third-order valence-corrected chi connectivity index (χ3v) is 5.77. The predicted molar refractivity (Wildman–Crippen MR) is 102 cm³/mol. The molecule has 0 radical (unpaired) electrons. The number of aryl methyl sites for hydroxylation is 1. The standard InChI is InChI=1S/C21H27N3O3/c1-15-12-22-24(13-15)21(19(25)26)6-8-23(9-7-21)14-16-4-5-18-17(10-16)11-20(2,3)27-18/h4-5,10,12-13H,6-9,11,14H2,1-3H3,(H,25,26). The molecule has 6 heteroatoms. The molecule has 4 rings (SSSR count). The van der Waals surface area contributed by atoms with Gasteiger partial charge in [-0.05, 0) is 56.4 Å². The van der Waals surface area contributed by atoms with Crippen molar-refractivity contribution < 1.29 is 14.6 Å². The highest BCUT2D eigenvalue weighted by Gasteiger charge is 2.44. The van der Waals surface area contributed by atoms with Crippen molar-refractivity contribution >= 4 is 5.97 Å². The zero-order chi connectivity index (χ0) is 19.2. The molecular formula is C21H27N3O3. The van der Waals surface area contributed by atoms with Gasteiger partial charge in [0.1, 0.15) is 11.4 Å². The van der Waals surface area contributed by atoms with Gasteiger partial charge in [0.2, 0.25) is 0 Å². The summed E-state index contributed by atoms with van der Waals surface area (Å²) in [6.07, 6.45) is 5.61. The number of piperidine rings is 1. The minimum Gasteiger partial charge on any atom is -0.487 e. The summed E-state index contributed by atoms with van der Waals surface area (Å²) in [6.45, 7) is 8.47. The van der Waals surface area contributed by atoms with Crippen LogP contribution in [0.5, 0.6) is 5.75 Å². The van der Waals surface area contributed by atoms with Crippen molar-refractivity contribution in [3.05, 3.63) is 47.3 Å². The average Bonchev–Trinajstić information content (AvgIpc) is 3.17. The number of rotatable bonds is 4. The summed E-state index contributed by atoms with van der Waals surface area (Å²) in [7, 11) is 0. The lowest BCUT2D eigenvalue weighted by molar-refractivity contribution is -0.151. The fraction of sp³-hybridized carbons (Fsp3) is 0.524. The van der Waals surface area contributed by atoms with Crippen LogP contribution in [0.2, 0.25) is 0 Å². The Morgan fingerprint density at radius 2 is 2.04 bits per heavy atom. The molecular weight excluding hydrogens is 342 g/mol. The van der Waals surface area contributed by atoms with Crippen LogP contribution in [-0.2, 0) is 23.3 Å². The lowest BCUT2D eigenvalue weighted by Gasteiger charge is -2.39. The number of carbonyl (C=O) groups is 1. The van der Waals surface area contributed by atoms with Crippen molar-refractivity contribution in [1.82, 2.24) is 14.7 Å². The molecule has 2 aliphatic rings. The maximum Gasteiger partial charge on any atom is 0.331 e. The summed E-state index contributed by atoms with van der Waals surface area (Å²) in [5.74, 6) is 0.198. The molecule has 1 fully saturated rings. The van der Waals surface area contributed by atoms with Crippen molar-refractivity contribution in [3.63, 3.8) is 0 Å². The number of hydrogen-bond donors (Lipinski definition) is 1. The minimum atomic E-state index is -0.930. The van der Waals surface area contributed by atoms with E-state index in [1.807, 2.05) is 13.1 Å². The van der Waals surface area contributed by atoms with Gasteiger partial charge in [-0.1, -0.05) is 12.1 Å². The average molecular weight is 369 g/mol. The van der Waals surface area contributed by atoms with Crippen LogP contribution in [0.25, 0.3) is 0 Å². The summed E-state index contributed by atoms with van der Waals surface area (Å²) >= 11 is 0. The number of nitrogens with zero attached hydrogens (tertiary/aromatic N) is 3. The van der Waals surface area contributed by atoms with Crippen LogP contribution in [0.4, 0.5) is 0 Å². The van der Waals surface area contributed by atoms with Crippen LogP contribution in [0.1, 0.15) is 43.4 Å². The van der Waals surface area contributed by atoms with Crippen LogP contribution >= 0.6 is 0 Å². The number of aliphatic carboxylic acids is 1. The van der Waals surface area contributed by atoms with Crippen molar-refractivity contribution in [3.8, 4) is 5.75 Å². The van der Waals surface area contributed by atoms with E-state index in [0.29, 0.717) is 12.8 Å². The van der Waals surface area contributed by atoms with E-state index in [1.54, 1.807) is 10.9 Å². The lowest BCUT2D eigenvalue weighted by atomic mass is 9.87. The molecule has 0 aliphatic carbocycles. The molecule has 1 N–H and O–H groups in total. The second kappa shape index (κ2) is 6.37. The Hall–Kier alpha value is -2.34. The van der Waals surface area contributed by atoms with Gasteiger partial charge in [0.05, 0.1) is 6.20 Å². The Morgan fingerprint density at radius 3 is 2.67 bits per heavy atom. The molecule has 0 bridgehead atoms. The second-order valence-corrected chi connectivity index (χ2v) is 8.56. The van der Waals surface area contributed by atoms with E-state index in [2.05, 4.69) is 42.0 Å². The zero-order valence-corrected chi connectivity index (χ0v) is 16.2. The van der Waals surface area contributed by atoms with Crippen molar-refractivity contribution in [2.24, 2.45) is 0 Å². The van der Waals surface area contributed by atoms with Gasteiger partial charge < -0.3 is 9.84 Å². The van der Waals surface area contributed by atoms with Crippen LogP contribution in [0.3, 0.4) is 0 Å². The number of carboxylic acids is 1. The summed E-state index contributed by atoms with van der Waals surface area (Å²) < 4.78 is 7.60. The second-order valence-electron chi connectivity index (χ2n) is 8.56. The van der Waals surface area contributed by atoms with E-state index < -0.39 is 11.5 Å². The third kappa shape index (κ3) is 3.34. The molecule has 27 heavy (non-hydrogen) atoms. The highest BCUT2D eigenvalue weighted by atomic mass is 16.5. The van der Waals surface area contributed by atoms with Crippen LogP contribution < -0.4 is 4.74 Å². The number of aromatic nitrogens is 2. The Kier molecular flexibility index (Phi) is 4.26. The van der Waals surface area contributed by atoms with Crippen molar-refractivity contribution in [2.45, 2.75) is 57.7 Å². The number of fused-ring (bicyclic) bond motifs is 1. The van der Waals surface area contributed by atoms with Crippen LogP contribution in [0, 0.1) is 6.92 Å². The highest BCUT2D eigenvalue weighted by molar-refractivity contribution is 5.76. The van der Waals surface area contributed by atoms with Crippen molar-refractivity contribution in [2.75, 3.05) is 13.1 Å².